The molecule has 0 bridgehead atoms. The Hall–Kier alpha value is -1.06. The van der Waals surface area contributed by atoms with Crippen molar-refractivity contribution < 1.29 is 4.79 Å². The fourth-order valence-corrected chi connectivity index (χ4v) is 2.46. The molecule has 20 heavy (non-hydrogen) atoms. The topological polar surface area (TPSA) is 46.3 Å². The third kappa shape index (κ3) is 3.15. The number of nitrogens with zero attached hydrogens (tertiary/aromatic N) is 1. The van der Waals surface area contributed by atoms with Crippen LogP contribution in [0.1, 0.15) is 38.8 Å². The average molecular weight is 297 g/mol. The van der Waals surface area contributed by atoms with E-state index in [0.29, 0.717) is 6.54 Å². The molecule has 0 fully saturated rings. The molecule has 0 saturated carbocycles. The van der Waals surface area contributed by atoms with Crippen molar-refractivity contribution in [1.82, 2.24) is 0 Å². The molecule has 0 radical (unpaired) electrons. The second-order valence-corrected chi connectivity index (χ2v) is 6.47. The second kappa shape index (κ2) is 6.15. The number of amides is 1. The molecule has 1 aromatic carbocycles. The van der Waals surface area contributed by atoms with Gasteiger partial charge in [-0.1, -0.05) is 39.8 Å². The zero-order valence-electron chi connectivity index (χ0n) is 12.8. The van der Waals surface area contributed by atoms with E-state index in [4.69, 9.17) is 5.73 Å². The molecule has 1 amide bonds. The van der Waals surface area contributed by atoms with Gasteiger partial charge in [0, 0.05) is 24.7 Å². The van der Waals surface area contributed by atoms with Crippen LogP contribution in [0.2, 0.25) is 0 Å². The molecule has 0 aromatic heterocycles. The number of halogens is 1. The summed E-state index contributed by atoms with van der Waals surface area (Å²) < 4.78 is 0. The maximum Gasteiger partial charge on any atom is 0.231 e. The summed E-state index contributed by atoms with van der Waals surface area (Å²) in [6.07, 6.45) is 0.947. The van der Waals surface area contributed by atoms with Gasteiger partial charge in [-0.25, -0.2) is 0 Å². The third-order valence-corrected chi connectivity index (χ3v) is 3.88. The van der Waals surface area contributed by atoms with Crippen LogP contribution in [0.15, 0.2) is 18.2 Å². The molecule has 3 nitrogen and oxygen atoms in total. The molecule has 1 atom stereocenters. The summed E-state index contributed by atoms with van der Waals surface area (Å²) >= 11 is 0. The van der Waals surface area contributed by atoms with E-state index in [1.54, 1.807) is 0 Å². The van der Waals surface area contributed by atoms with Gasteiger partial charge < -0.3 is 10.6 Å². The Morgan fingerprint density at radius 3 is 2.60 bits per heavy atom. The largest absolute Gasteiger partial charge is 0.330 e. The quantitative estimate of drug-likeness (QED) is 0.912. The summed E-state index contributed by atoms with van der Waals surface area (Å²) in [5.41, 5.74) is 9.42. The number of fused-ring (bicyclic) bond motifs is 1. The number of carbonyl (C=O) groups excluding carboxylic acids is 1. The van der Waals surface area contributed by atoms with Crippen LogP contribution in [-0.2, 0) is 16.6 Å². The van der Waals surface area contributed by atoms with Crippen LogP contribution in [0.3, 0.4) is 0 Å². The fourth-order valence-electron chi connectivity index (χ4n) is 2.46. The van der Waals surface area contributed by atoms with Crippen LogP contribution in [0.25, 0.3) is 0 Å². The lowest BCUT2D eigenvalue weighted by Crippen LogP contribution is -2.36. The Kier molecular flexibility index (Phi) is 5.22. The van der Waals surface area contributed by atoms with E-state index in [1.807, 2.05) is 11.8 Å². The molecular formula is C16H25ClN2O. The molecule has 4 heteroatoms. The van der Waals surface area contributed by atoms with Crippen molar-refractivity contribution >= 4 is 24.0 Å². The summed E-state index contributed by atoms with van der Waals surface area (Å²) in [5.74, 6) is 0.0398. The normalized spacial score (nSPS) is 15.6. The minimum atomic E-state index is -0.103. The maximum atomic E-state index is 12.3. The lowest BCUT2D eigenvalue weighted by molar-refractivity contribution is -0.121. The zero-order valence-corrected chi connectivity index (χ0v) is 13.6. The van der Waals surface area contributed by atoms with Crippen molar-refractivity contribution in [2.45, 2.75) is 39.5 Å². The van der Waals surface area contributed by atoms with Gasteiger partial charge in [-0.2, -0.15) is 0 Å². The summed E-state index contributed by atoms with van der Waals surface area (Å²) in [7, 11) is 0. The van der Waals surface area contributed by atoms with Crippen molar-refractivity contribution in [3.05, 3.63) is 29.3 Å². The smallest absolute Gasteiger partial charge is 0.231 e. The lowest BCUT2D eigenvalue weighted by atomic mass is 9.86. The Morgan fingerprint density at radius 1 is 1.40 bits per heavy atom. The first-order chi connectivity index (χ1) is 8.84. The van der Waals surface area contributed by atoms with Crippen LogP contribution in [0.4, 0.5) is 5.69 Å². The first-order valence-electron chi connectivity index (χ1n) is 6.99. The molecule has 0 aliphatic carbocycles. The molecule has 0 saturated heterocycles. The molecule has 1 aliphatic heterocycles. The summed E-state index contributed by atoms with van der Waals surface area (Å²) in [6, 6.07) is 6.47. The highest BCUT2D eigenvalue weighted by atomic mass is 35.5. The number of carbonyl (C=O) groups is 1. The first-order valence-corrected chi connectivity index (χ1v) is 6.99. The van der Waals surface area contributed by atoms with Gasteiger partial charge in [-0.3, -0.25) is 4.79 Å². The van der Waals surface area contributed by atoms with Gasteiger partial charge >= 0.3 is 0 Å². The van der Waals surface area contributed by atoms with E-state index in [9.17, 15) is 4.79 Å². The average Bonchev–Trinajstić information content (AvgIpc) is 2.78. The predicted molar refractivity (Wildman–Crippen MR) is 86.7 cm³/mol. The van der Waals surface area contributed by atoms with E-state index in [-0.39, 0.29) is 29.6 Å². The molecular weight excluding hydrogens is 272 g/mol. The van der Waals surface area contributed by atoms with Gasteiger partial charge in [0.2, 0.25) is 5.91 Å². The Balaban J connectivity index is 0.00000200. The van der Waals surface area contributed by atoms with Crippen molar-refractivity contribution in [1.29, 1.82) is 0 Å². The van der Waals surface area contributed by atoms with Crippen molar-refractivity contribution in [3.63, 3.8) is 0 Å². The van der Waals surface area contributed by atoms with Crippen molar-refractivity contribution in [2.24, 2.45) is 11.7 Å². The van der Waals surface area contributed by atoms with E-state index < -0.39 is 0 Å². The Labute approximate surface area is 127 Å². The minimum absolute atomic E-state index is 0. The molecule has 2 rings (SSSR count). The van der Waals surface area contributed by atoms with Crippen LogP contribution < -0.4 is 10.6 Å². The van der Waals surface area contributed by atoms with Crippen LogP contribution in [0, 0.1) is 5.92 Å². The molecule has 1 aromatic rings. The van der Waals surface area contributed by atoms with Gasteiger partial charge in [0.25, 0.3) is 0 Å². The van der Waals surface area contributed by atoms with E-state index in [2.05, 4.69) is 39.0 Å². The standard InChI is InChI=1S/C16H24N2O.ClH/c1-11(10-17)15(19)18-8-7-12-9-13(16(2,3)4)5-6-14(12)18;/h5-6,9,11H,7-8,10,17H2,1-4H3;1H. The highest BCUT2D eigenvalue weighted by molar-refractivity contribution is 5.97. The molecule has 1 heterocycles. The number of rotatable bonds is 2. The van der Waals surface area contributed by atoms with Crippen LogP contribution >= 0.6 is 12.4 Å². The number of hydrogen-bond donors (Lipinski definition) is 1. The Morgan fingerprint density at radius 2 is 2.05 bits per heavy atom. The number of hydrogen-bond acceptors (Lipinski definition) is 2. The van der Waals surface area contributed by atoms with E-state index in [1.165, 1.54) is 11.1 Å². The van der Waals surface area contributed by atoms with Gasteiger partial charge in [-0.05, 0) is 29.0 Å². The maximum absolute atomic E-state index is 12.3. The number of anilines is 1. The van der Waals surface area contributed by atoms with Crippen molar-refractivity contribution in [3.8, 4) is 0 Å². The molecule has 112 valence electrons. The monoisotopic (exact) mass is 296 g/mol. The van der Waals surface area contributed by atoms with Crippen LogP contribution in [0.5, 0.6) is 0 Å². The van der Waals surface area contributed by atoms with E-state index >= 15 is 0 Å². The van der Waals surface area contributed by atoms with Gasteiger partial charge in [-0.15, -0.1) is 12.4 Å². The minimum Gasteiger partial charge on any atom is -0.330 e. The summed E-state index contributed by atoms with van der Waals surface area (Å²) in [4.78, 5) is 14.2. The molecule has 2 N–H and O–H groups in total. The SMILES string of the molecule is CC(CN)C(=O)N1CCc2cc(C(C)(C)C)ccc21.Cl. The molecule has 1 unspecified atom stereocenters. The fraction of sp³-hybridized carbons (Fsp3) is 0.562. The Bertz CT molecular complexity index is 494. The predicted octanol–water partition coefficient (Wildman–Crippen LogP) is 2.89. The van der Waals surface area contributed by atoms with Gasteiger partial charge in [0.05, 0.1) is 0 Å². The highest BCUT2D eigenvalue weighted by Crippen LogP contribution is 2.33. The number of nitrogens with two attached hydrogens (primary N) is 1. The zero-order chi connectivity index (χ0) is 14.2. The summed E-state index contributed by atoms with van der Waals surface area (Å²) in [5, 5.41) is 0. The van der Waals surface area contributed by atoms with E-state index in [0.717, 1.165) is 18.7 Å². The molecule has 0 spiro atoms. The number of benzene rings is 1. The molecule has 1 aliphatic rings. The lowest BCUT2D eigenvalue weighted by Gasteiger charge is -2.23. The first kappa shape index (κ1) is 17.0. The highest BCUT2D eigenvalue weighted by Gasteiger charge is 2.28. The van der Waals surface area contributed by atoms with Gasteiger partial charge in [0.1, 0.15) is 0 Å². The van der Waals surface area contributed by atoms with Crippen molar-refractivity contribution in [2.75, 3.05) is 18.0 Å². The second-order valence-electron chi connectivity index (χ2n) is 6.47. The summed E-state index contributed by atoms with van der Waals surface area (Å²) in [6.45, 7) is 9.72. The van der Waals surface area contributed by atoms with Crippen LogP contribution in [-0.4, -0.2) is 19.0 Å². The van der Waals surface area contributed by atoms with Gasteiger partial charge in [0.15, 0.2) is 0 Å². The third-order valence-electron chi connectivity index (χ3n) is 3.88.